The maximum Gasteiger partial charge on any atom is 0.232 e. The van der Waals surface area contributed by atoms with Gasteiger partial charge in [0.25, 0.3) is 0 Å². The molecule has 0 bridgehead atoms. The third-order valence-corrected chi connectivity index (χ3v) is 4.61. The summed E-state index contributed by atoms with van der Waals surface area (Å²) in [6.07, 6.45) is 4.11. The fourth-order valence-corrected chi connectivity index (χ4v) is 3.07. The minimum absolute atomic E-state index is 0.0161. The molecule has 154 valence electrons. The average molecular weight is 405 g/mol. The molecule has 8 heteroatoms. The third kappa shape index (κ3) is 5.03. The van der Waals surface area contributed by atoms with Crippen molar-refractivity contribution < 1.29 is 14.9 Å². The second kappa shape index (κ2) is 9.23. The van der Waals surface area contributed by atoms with Gasteiger partial charge < -0.3 is 25.2 Å². The molecule has 3 aromatic rings. The first-order valence-electron chi connectivity index (χ1n) is 9.75. The van der Waals surface area contributed by atoms with Crippen LogP contribution in [0.5, 0.6) is 11.5 Å². The van der Waals surface area contributed by atoms with E-state index in [1.54, 1.807) is 12.1 Å². The van der Waals surface area contributed by atoms with Gasteiger partial charge in [-0.15, -0.1) is 0 Å². The maximum atomic E-state index is 9.93. The van der Waals surface area contributed by atoms with Crippen molar-refractivity contribution in [3.8, 4) is 11.5 Å². The van der Waals surface area contributed by atoms with Crippen molar-refractivity contribution in [2.24, 2.45) is 0 Å². The molecule has 0 amide bonds. The number of hydrogen-bond donors (Lipinski definition) is 3. The molecule has 1 aliphatic rings. The molecule has 8 nitrogen and oxygen atoms in total. The number of aromatic hydroxyl groups is 2. The Morgan fingerprint density at radius 1 is 1.00 bits per heavy atom. The molecule has 3 N–H and O–H groups in total. The van der Waals surface area contributed by atoms with Crippen molar-refractivity contribution in [1.29, 1.82) is 0 Å². The van der Waals surface area contributed by atoms with Crippen molar-refractivity contribution in [2.75, 3.05) is 36.5 Å². The van der Waals surface area contributed by atoms with Gasteiger partial charge in [-0.2, -0.15) is 15.0 Å². The van der Waals surface area contributed by atoms with Gasteiger partial charge in [0.15, 0.2) is 0 Å². The number of nitrogens with one attached hydrogen (secondary N) is 1. The molecule has 1 aliphatic heterocycles. The lowest BCUT2D eigenvalue weighted by Crippen LogP contribution is -2.37. The number of phenolic OH excluding ortho intramolecular Hbond substituents is 2. The van der Waals surface area contributed by atoms with Gasteiger partial charge in [-0.05, 0) is 24.3 Å². The van der Waals surface area contributed by atoms with E-state index in [1.165, 1.54) is 12.1 Å². The topological polar surface area (TPSA) is 104 Å². The number of morpholine rings is 1. The van der Waals surface area contributed by atoms with Crippen LogP contribution in [0.1, 0.15) is 11.4 Å². The predicted molar refractivity (Wildman–Crippen MR) is 115 cm³/mol. The molecule has 1 fully saturated rings. The number of anilines is 3. The van der Waals surface area contributed by atoms with E-state index in [1.807, 2.05) is 36.4 Å². The molecule has 0 radical (unpaired) electrons. The summed E-state index contributed by atoms with van der Waals surface area (Å²) in [6, 6.07) is 14.2. The van der Waals surface area contributed by atoms with Crippen LogP contribution in [-0.4, -0.2) is 51.5 Å². The number of nitrogens with zero attached hydrogens (tertiary/aromatic N) is 4. The van der Waals surface area contributed by atoms with E-state index >= 15 is 0 Å². The molecule has 0 aliphatic carbocycles. The summed E-state index contributed by atoms with van der Waals surface area (Å²) in [5, 5.41) is 22.6. The third-order valence-electron chi connectivity index (χ3n) is 4.61. The highest BCUT2D eigenvalue weighted by atomic mass is 16.5. The molecule has 4 rings (SSSR count). The summed E-state index contributed by atoms with van der Waals surface area (Å²) in [4.78, 5) is 15.8. The fourth-order valence-electron chi connectivity index (χ4n) is 3.07. The number of para-hydroxylation sites is 1. The van der Waals surface area contributed by atoms with Crippen LogP contribution in [0.15, 0.2) is 54.6 Å². The zero-order valence-electron chi connectivity index (χ0n) is 16.4. The Kier molecular flexibility index (Phi) is 6.05. The lowest BCUT2D eigenvalue weighted by atomic mass is 10.1. The summed E-state index contributed by atoms with van der Waals surface area (Å²) < 4.78 is 5.43. The van der Waals surface area contributed by atoms with E-state index in [0.29, 0.717) is 42.9 Å². The normalized spacial score (nSPS) is 14.2. The molecule has 0 saturated carbocycles. The lowest BCUT2D eigenvalue weighted by molar-refractivity contribution is 0.122. The Hall–Kier alpha value is -3.65. The highest BCUT2D eigenvalue weighted by molar-refractivity contribution is 5.59. The Morgan fingerprint density at radius 3 is 2.57 bits per heavy atom. The highest BCUT2D eigenvalue weighted by Crippen LogP contribution is 2.24. The first-order valence-corrected chi connectivity index (χ1v) is 9.75. The van der Waals surface area contributed by atoms with Crippen molar-refractivity contribution in [3.63, 3.8) is 0 Å². The summed E-state index contributed by atoms with van der Waals surface area (Å²) in [5.74, 6) is 1.74. The Labute approximate surface area is 174 Å². The van der Waals surface area contributed by atoms with Crippen LogP contribution >= 0.6 is 0 Å². The Balaban J connectivity index is 1.57. The second-order valence-electron chi connectivity index (χ2n) is 6.82. The van der Waals surface area contributed by atoms with Crippen LogP contribution in [-0.2, 0) is 11.2 Å². The number of phenols is 2. The summed E-state index contributed by atoms with van der Waals surface area (Å²) in [6.45, 7) is 2.74. The SMILES string of the molecule is Oc1ccc(C=CCc2nc(Nc3ccccc3)nc(N3CCOCC3)n2)c(O)c1. The van der Waals surface area contributed by atoms with Gasteiger partial charge >= 0.3 is 0 Å². The van der Waals surface area contributed by atoms with Gasteiger partial charge in [0.1, 0.15) is 17.3 Å². The number of hydrogen-bond acceptors (Lipinski definition) is 8. The molecule has 1 saturated heterocycles. The van der Waals surface area contributed by atoms with Crippen molar-refractivity contribution in [3.05, 3.63) is 66.0 Å². The molecule has 30 heavy (non-hydrogen) atoms. The molecule has 0 unspecified atom stereocenters. The van der Waals surface area contributed by atoms with E-state index in [9.17, 15) is 10.2 Å². The maximum absolute atomic E-state index is 9.93. The van der Waals surface area contributed by atoms with Crippen LogP contribution in [0, 0.1) is 0 Å². The van der Waals surface area contributed by atoms with Gasteiger partial charge in [0.05, 0.1) is 13.2 Å². The van der Waals surface area contributed by atoms with Crippen LogP contribution < -0.4 is 10.2 Å². The lowest BCUT2D eigenvalue weighted by Gasteiger charge is -2.27. The number of ether oxygens (including phenoxy) is 1. The van der Waals surface area contributed by atoms with Gasteiger partial charge in [-0.25, -0.2) is 0 Å². The van der Waals surface area contributed by atoms with Crippen molar-refractivity contribution >= 4 is 23.7 Å². The highest BCUT2D eigenvalue weighted by Gasteiger charge is 2.16. The van der Waals surface area contributed by atoms with E-state index < -0.39 is 0 Å². The van der Waals surface area contributed by atoms with Gasteiger partial charge in [-0.1, -0.05) is 30.4 Å². The molecule has 0 spiro atoms. The van der Waals surface area contributed by atoms with Crippen molar-refractivity contribution in [1.82, 2.24) is 15.0 Å². The predicted octanol–water partition coefficient (Wildman–Crippen LogP) is 3.12. The summed E-state index contributed by atoms with van der Waals surface area (Å²) in [7, 11) is 0. The van der Waals surface area contributed by atoms with Crippen LogP contribution in [0.25, 0.3) is 6.08 Å². The average Bonchev–Trinajstić information content (AvgIpc) is 2.76. The van der Waals surface area contributed by atoms with Gasteiger partial charge in [0, 0.05) is 36.8 Å². The van der Waals surface area contributed by atoms with Crippen molar-refractivity contribution in [2.45, 2.75) is 6.42 Å². The Morgan fingerprint density at radius 2 is 1.80 bits per heavy atom. The van der Waals surface area contributed by atoms with Crippen LogP contribution in [0.4, 0.5) is 17.6 Å². The standard InChI is InChI=1S/C22H23N5O3/c28-18-10-9-16(19(29)15-18)5-4-8-20-24-21(23-17-6-2-1-3-7-17)26-22(25-20)27-11-13-30-14-12-27/h1-7,9-10,15,28-29H,8,11-14H2,(H,23,24,25,26). The first-order chi connectivity index (χ1) is 14.7. The summed E-state index contributed by atoms with van der Waals surface area (Å²) in [5.41, 5.74) is 1.50. The van der Waals surface area contributed by atoms with E-state index in [4.69, 9.17) is 4.74 Å². The Bertz CT molecular complexity index is 1020. The largest absolute Gasteiger partial charge is 0.508 e. The van der Waals surface area contributed by atoms with Gasteiger partial charge in [0.2, 0.25) is 11.9 Å². The fraction of sp³-hybridized carbons (Fsp3) is 0.227. The molecule has 2 heterocycles. The summed E-state index contributed by atoms with van der Waals surface area (Å²) >= 11 is 0. The van der Waals surface area contributed by atoms with Crippen LogP contribution in [0.2, 0.25) is 0 Å². The minimum atomic E-state index is 0.0161. The second-order valence-corrected chi connectivity index (χ2v) is 6.82. The zero-order valence-corrected chi connectivity index (χ0v) is 16.4. The van der Waals surface area contributed by atoms with E-state index in [2.05, 4.69) is 25.2 Å². The smallest absolute Gasteiger partial charge is 0.232 e. The minimum Gasteiger partial charge on any atom is -0.508 e. The molecule has 1 aromatic heterocycles. The van der Waals surface area contributed by atoms with E-state index in [0.717, 1.165) is 18.8 Å². The number of allylic oxidation sites excluding steroid dienone is 1. The first kappa shape index (κ1) is 19.7. The molecule has 2 aromatic carbocycles. The molecular weight excluding hydrogens is 382 g/mol. The quantitative estimate of drug-likeness (QED) is 0.575. The monoisotopic (exact) mass is 405 g/mol. The number of benzene rings is 2. The molecular formula is C22H23N5O3. The number of aromatic nitrogens is 3. The van der Waals surface area contributed by atoms with Gasteiger partial charge in [-0.3, -0.25) is 0 Å². The van der Waals surface area contributed by atoms with E-state index in [-0.39, 0.29) is 11.5 Å². The number of rotatable bonds is 6. The van der Waals surface area contributed by atoms with Crippen LogP contribution in [0.3, 0.4) is 0 Å². The molecule has 0 atom stereocenters. The zero-order chi connectivity index (χ0) is 20.8.